The van der Waals surface area contributed by atoms with Crippen molar-refractivity contribution in [1.82, 2.24) is 9.97 Å². The van der Waals surface area contributed by atoms with Gasteiger partial charge in [-0.1, -0.05) is 36.4 Å². The largest absolute Gasteiger partial charge is 2.00 e. The second-order valence-corrected chi connectivity index (χ2v) is 6.98. The Morgan fingerprint density at radius 3 is 1.45 bits per heavy atom. The minimum Gasteiger partial charge on any atom is -0.548 e. The fourth-order valence-corrected chi connectivity index (χ4v) is 3.24. The Morgan fingerprint density at radius 1 is 0.742 bits per heavy atom. The number of carbonyl (C=O) groups is 2. The van der Waals surface area contributed by atoms with Crippen LogP contribution in [0.5, 0.6) is 0 Å². The molecule has 0 spiro atoms. The van der Waals surface area contributed by atoms with Crippen LogP contribution in [0.25, 0.3) is 21.8 Å². The molecule has 0 unspecified atom stereocenters. The molecule has 2 aromatic heterocycles. The normalized spacial score (nSPS) is 12.5. The first-order chi connectivity index (χ1) is 14.4. The summed E-state index contributed by atoms with van der Waals surface area (Å²) in [5.74, 6) is -2.44. The van der Waals surface area contributed by atoms with Crippen molar-refractivity contribution in [3.8, 4) is 0 Å². The Morgan fingerprint density at radius 2 is 1.10 bits per heavy atom. The summed E-state index contributed by atoms with van der Waals surface area (Å²) in [6.45, 7) is 0. The number of aromatic nitrogens is 2. The minimum absolute atomic E-state index is 0. The zero-order chi connectivity index (χ0) is 21.7. The number of H-pyrrole nitrogens is 2. The van der Waals surface area contributed by atoms with E-state index in [1.54, 1.807) is 12.4 Å². The summed E-state index contributed by atoms with van der Waals surface area (Å²) in [4.78, 5) is 27.2. The molecule has 31 heavy (non-hydrogen) atoms. The molecule has 9 heteroatoms. The number of hydrogen-bond acceptors (Lipinski definition) is 6. The van der Waals surface area contributed by atoms with Gasteiger partial charge in [-0.25, -0.2) is 0 Å². The van der Waals surface area contributed by atoms with Gasteiger partial charge >= 0.3 is 19.5 Å². The van der Waals surface area contributed by atoms with Crippen LogP contribution in [-0.4, -0.2) is 34.0 Å². The number of aliphatic carboxylic acids is 2. The van der Waals surface area contributed by atoms with Crippen molar-refractivity contribution in [2.24, 2.45) is 11.5 Å². The molecule has 8 nitrogen and oxygen atoms in total. The summed E-state index contributed by atoms with van der Waals surface area (Å²) in [6, 6.07) is 13.5. The second-order valence-electron chi connectivity index (χ2n) is 6.98. The molecule has 0 fully saturated rings. The van der Waals surface area contributed by atoms with E-state index in [2.05, 4.69) is 9.97 Å². The number of nitrogens with two attached hydrogens (primary N) is 2. The van der Waals surface area contributed by atoms with Gasteiger partial charge in [0.15, 0.2) is 0 Å². The van der Waals surface area contributed by atoms with Gasteiger partial charge in [-0.05, 0) is 36.1 Å². The van der Waals surface area contributed by atoms with E-state index < -0.39 is 24.0 Å². The van der Waals surface area contributed by atoms with E-state index in [-0.39, 0.29) is 32.3 Å². The third-order valence-electron chi connectivity index (χ3n) is 4.83. The molecule has 4 aromatic rings. The van der Waals surface area contributed by atoms with Gasteiger partial charge in [-0.2, -0.15) is 0 Å². The van der Waals surface area contributed by atoms with Crippen LogP contribution in [0.2, 0.25) is 0 Å². The number of carbonyl (C=O) groups excluding carboxylic acids is 2. The first-order valence-electron chi connectivity index (χ1n) is 9.39. The zero-order valence-electron chi connectivity index (χ0n) is 16.8. The first kappa shape index (κ1) is 24.3. The molecule has 156 valence electrons. The number of carboxylic acid groups (broad SMARTS) is 2. The average Bonchev–Trinajstić information content (AvgIpc) is 3.33. The predicted molar refractivity (Wildman–Crippen MR) is 110 cm³/mol. The van der Waals surface area contributed by atoms with Gasteiger partial charge in [-0.15, -0.1) is 0 Å². The standard InChI is InChI=1S/2C11H12N2O2.Zn/c2*12-9(11(14)15)5-7-6-13-10-4-2-1-3-8(7)10;/h2*1-4,6,9,13H,5,12H2,(H,14,15);/q;;+2/p-2/t2*9-;/m00./s1. The quantitative estimate of drug-likeness (QED) is 0.279. The van der Waals surface area contributed by atoms with Crippen LogP contribution in [0, 0.1) is 0 Å². The third-order valence-corrected chi connectivity index (χ3v) is 4.83. The summed E-state index contributed by atoms with van der Waals surface area (Å²) in [7, 11) is 0. The van der Waals surface area contributed by atoms with Crippen molar-refractivity contribution in [3.63, 3.8) is 0 Å². The molecular weight excluding hydrogens is 450 g/mol. The summed E-state index contributed by atoms with van der Waals surface area (Å²) >= 11 is 0. The molecule has 2 heterocycles. The van der Waals surface area contributed by atoms with Crippen LogP contribution in [-0.2, 0) is 41.9 Å². The van der Waals surface area contributed by atoms with Crippen LogP contribution >= 0.6 is 0 Å². The maximum Gasteiger partial charge on any atom is 2.00 e. The number of hydrogen-bond donors (Lipinski definition) is 4. The fraction of sp³-hybridized carbons (Fsp3) is 0.182. The monoisotopic (exact) mass is 470 g/mol. The van der Waals surface area contributed by atoms with E-state index in [0.29, 0.717) is 0 Å². The molecule has 2 aromatic carbocycles. The predicted octanol–water partition coefficient (Wildman–Crippen LogP) is -0.427. The number of benzene rings is 2. The molecule has 0 saturated carbocycles. The van der Waals surface area contributed by atoms with Gasteiger partial charge in [-0.3, -0.25) is 0 Å². The molecule has 0 amide bonds. The summed E-state index contributed by atoms with van der Waals surface area (Å²) in [5.41, 5.74) is 14.6. The van der Waals surface area contributed by atoms with E-state index >= 15 is 0 Å². The summed E-state index contributed by atoms with van der Waals surface area (Å²) in [5, 5.41) is 23.0. The number of aromatic amines is 2. The first-order valence-corrected chi connectivity index (χ1v) is 9.39. The van der Waals surface area contributed by atoms with Crippen LogP contribution in [0.3, 0.4) is 0 Å². The van der Waals surface area contributed by atoms with Crippen LogP contribution in [0.1, 0.15) is 11.1 Å². The number of fused-ring (bicyclic) bond motifs is 2. The van der Waals surface area contributed by atoms with Crippen molar-refractivity contribution in [2.75, 3.05) is 0 Å². The Balaban J connectivity index is 0.000000213. The Bertz CT molecular complexity index is 1080. The smallest absolute Gasteiger partial charge is 0.548 e. The Labute approximate surface area is 191 Å². The zero-order valence-corrected chi connectivity index (χ0v) is 19.8. The Kier molecular flexibility index (Phi) is 8.50. The van der Waals surface area contributed by atoms with Gasteiger partial charge in [0.25, 0.3) is 0 Å². The van der Waals surface area contributed by atoms with E-state index in [0.717, 1.165) is 32.9 Å². The molecule has 0 saturated heterocycles. The van der Waals surface area contributed by atoms with E-state index in [1.807, 2.05) is 48.5 Å². The van der Waals surface area contributed by atoms with Crippen LogP contribution < -0.4 is 21.7 Å². The fourth-order valence-electron chi connectivity index (χ4n) is 3.24. The maximum absolute atomic E-state index is 10.5. The molecule has 4 rings (SSSR count). The van der Waals surface area contributed by atoms with Gasteiger partial charge in [0, 0.05) is 46.3 Å². The van der Waals surface area contributed by atoms with Crippen molar-refractivity contribution in [1.29, 1.82) is 0 Å². The van der Waals surface area contributed by atoms with Gasteiger partial charge in [0.2, 0.25) is 0 Å². The molecule has 6 N–H and O–H groups in total. The summed E-state index contributed by atoms with van der Waals surface area (Å²) in [6.07, 6.45) is 4.14. The van der Waals surface area contributed by atoms with E-state index in [1.165, 1.54) is 0 Å². The summed E-state index contributed by atoms with van der Waals surface area (Å²) < 4.78 is 0. The number of nitrogens with one attached hydrogen (secondary N) is 2. The molecule has 0 aliphatic carbocycles. The second kappa shape index (κ2) is 10.9. The van der Waals surface area contributed by atoms with Gasteiger partial charge in [0.1, 0.15) is 0 Å². The SMILES string of the molecule is N[C@@H](Cc1c[nH]c2ccccc12)C(=O)[O-].N[C@@H](Cc1c[nH]c2ccccc12)C(=O)[O-].[Zn+2]. The topological polar surface area (TPSA) is 164 Å². The number of carboxylic acids is 2. The van der Waals surface area contributed by atoms with Crippen molar-refractivity contribution in [2.45, 2.75) is 24.9 Å². The molecular formula is C22H22N4O4Zn. The van der Waals surface area contributed by atoms with Gasteiger partial charge < -0.3 is 41.2 Å². The minimum atomic E-state index is -1.22. The molecule has 0 radical (unpaired) electrons. The van der Waals surface area contributed by atoms with Crippen molar-refractivity contribution in [3.05, 3.63) is 72.1 Å². The number of rotatable bonds is 6. The molecule has 0 aliphatic rings. The molecule has 0 bridgehead atoms. The van der Waals surface area contributed by atoms with Crippen molar-refractivity contribution >= 4 is 33.7 Å². The van der Waals surface area contributed by atoms with Gasteiger partial charge in [0.05, 0.1) is 11.9 Å². The molecule has 2 atom stereocenters. The van der Waals surface area contributed by atoms with E-state index in [9.17, 15) is 19.8 Å². The third kappa shape index (κ3) is 6.01. The van der Waals surface area contributed by atoms with Crippen molar-refractivity contribution < 1.29 is 39.3 Å². The Hall–Kier alpha value is -3.00. The maximum atomic E-state index is 10.5. The number of para-hydroxylation sites is 2. The van der Waals surface area contributed by atoms with Crippen LogP contribution in [0.4, 0.5) is 0 Å². The van der Waals surface area contributed by atoms with Crippen LogP contribution in [0.15, 0.2) is 60.9 Å². The average molecular weight is 472 g/mol. The molecule has 0 aliphatic heterocycles. The van der Waals surface area contributed by atoms with E-state index in [4.69, 9.17) is 11.5 Å².